The van der Waals surface area contributed by atoms with E-state index in [-0.39, 0.29) is 18.9 Å². The lowest BCUT2D eigenvalue weighted by Gasteiger charge is -2.50. The molecular formula is C38H75N3O6. The van der Waals surface area contributed by atoms with Gasteiger partial charge in [-0.2, -0.15) is 0 Å². The summed E-state index contributed by atoms with van der Waals surface area (Å²) in [5.74, 6) is -2.36. The van der Waals surface area contributed by atoms with Crippen LogP contribution in [0.25, 0.3) is 0 Å². The number of aliphatic hydroxyl groups excluding tert-OH is 3. The molecule has 1 aliphatic rings. The smallest absolute Gasteiger partial charge is 0.237 e. The Morgan fingerprint density at radius 3 is 1.51 bits per heavy atom. The van der Waals surface area contributed by atoms with E-state index in [4.69, 9.17) is 10.5 Å². The standard InChI is InChI=1S/C38H75N3O6/c1-3-5-7-9-11-13-15-16-17-18-19-20-22-24-26-28-36(45)41(29-27-25-23-21-14-12-10-8-6-4-2)38(40-35(44)31-39)30-33(43)37(46)34(32-42)47-38/h33-34,37,42-43,46H,3-32,39H2,1-2H3,(H,40,44)/t33-,34-,37-,38+/m1/s1. The van der Waals surface area contributed by atoms with Crippen LogP contribution in [-0.4, -0.2) is 75.9 Å². The summed E-state index contributed by atoms with van der Waals surface area (Å²) in [5, 5.41) is 33.8. The molecule has 1 rings (SSSR count). The summed E-state index contributed by atoms with van der Waals surface area (Å²) >= 11 is 0. The van der Waals surface area contributed by atoms with Gasteiger partial charge in [0.05, 0.1) is 19.3 Å². The maximum atomic E-state index is 13.8. The van der Waals surface area contributed by atoms with Gasteiger partial charge in [-0.3, -0.25) is 14.5 Å². The SMILES string of the molecule is CCCCCCCCCCCCCCCCCC(=O)N(CCCCCCCCCCCC)[C@@]1(NC(=O)CN)C[C@@H](O)[C@@H](O)[C@@H](CO)O1. The number of ether oxygens (including phenoxy) is 1. The number of nitrogens with two attached hydrogens (primary N) is 1. The predicted molar refractivity (Wildman–Crippen MR) is 192 cm³/mol. The first-order valence-corrected chi connectivity index (χ1v) is 19.8. The average Bonchev–Trinajstić information content (AvgIpc) is 3.06. The van der Waals surface area contributed by atoms with Gasteiger partial charge < -0.3 is 31.1 Å². The normalized spacial score (nSPS) is 21.2. The topological polar surface area (TPSA) is 145 Å². The third-order valence-corrected chi connectivity index (χ3v) is 9.77. The molecule has 0 aromatic rings. The lowest BCUT2D eigenvalue weighted by molar-refractivity contribution is -0.280. The number of unbranched alkanes of at least 4 members (excludes halogenated alkanes) is 23. The van der Waals surface area contributed by atoms with E-state index in [0.29, 0.717) is 13.0 Å². The first-order chi connectivity index (χ1) is 22.8. The van der Waals surface area contributed by atoms with Crippen molar-refractivity contribution in [1.82, 2.24) is 10.2 Å². The summed E-state index contributed by atoms with van der Waals surface area (Å²) in [7, 11) is 0. The lowest BCUT2D eigenvalue weighted by atomic mass is 9.96. The minimum Gasteiger partial charge on any atom is -0.394 e. The second kappa shape index (κ2) is 28.6. The fraction of sp³-hybridized carbons (Fsp3) is 0.947. The van der Waals surface area contributed by atoms with E-state index in [0.717, 1.165) is 44.9 Å². The highest BCUT2D eigenvalue weighted by atomic mass is 16.6. The van der Waals surface area contributed by atoms with Gasteiger partial charge in [-0.15, -0.1) is 0 Å². The Bertz CT molecular complexity index is 772. The summed E-state index contributed by atoms with van der Waals surface area (Å²) in [6.45, 7) is 3.97. The Hall–Kier alpha value is -1.26. The molecule has 1 fully saturated rings. The van der Waals surface area contributed by atoms with Gasteiger partial charge in [0.2, 0.25) is 17.7 Å². The fourth-order valence-corrected chi connectivity index (χ4v) is 6.80. The van der Waals surface area contributed by atoms with Crippen molar-refractivity contribution in [2.24, 2.45) is 5.73 Å². The van der Waals surface area contributed by atoms with Crippen molar-refractivity contribution in [2.75, 3.05) is 19.7 Å². The van der Waals surface area contributed by atoms with Crippen molar-refractivity contribution < 1.29 is 29.6 Å². The molecule has 9 heteroatoms. The van der Waals surface area contributed by atoms with Gasteiger partial charge in [0.15, 0.2) is 0 Å². The van der Waals surface area contributed by atoms with E-state index < -0.39 is 36.7 Å². The third-order valence-electron chi connectivity index (χ3n) is 9.77. The number of hydrogen-bond acceptors (Lipinski definition) is 7. The fourth-order valence-electron chi connectivity index (χ4n) is 6.80. The molecular weight excluding hydrogens is 594 g/mol. The zero-order chi connectivity index (χ0) is 34.6. The number of nitrogens with one attached hydrogen (secondary N) is 1. The molecule has 1 aliphatic heterocycles. The van der Waals surface area contributed by atoms with Crippen molar-refractivity contribution in [2.45, 2.75) is 211 Å². The average molecular weight is 670 g/mol. The maximum absolute atomic E-state index is 13.8. The molecule has 0 radical (unpaired) electrons. The molecule has 0 spiro atoms. The molecule has 0 saturated carbocycles. The van der Waals surface area contributed by atoms with Crippen LogP contribution in [0.15, 0.2) is 0 Å². The van der Waals surface area contributed by atoms with E-state index in [2.05, 4.69) is 19.2 Å². The summed E-state index contributed by atoms with van der Waals surface area (Å²) in [4.78, 5) is 27.9. The van der Waals surface area contributed by atoms with Gasteiger partial charge >= 0.3 is 0 Å². The van der Waals surface area contributed by atoms with Gasteiger partial charge in [-0.05, 0) is 12.8 Å². The van der Waals surface area contributed by atoms with Gasteiger partial charge in [-0.1, -0.05) is 162 Å². The Morgan fingerprint density at radius 2 is 1.11 bits per heavy atom. The molecule has 1 heterocycles. The molecule has 0 aromatic heterocycles. The zero-order valence-electron chi connectivity index (χ0n) is 30.5. The van der Waals surface area contributed by atoms with Crippen LogP contribution in [0.4, 0.5) is 0 Å². The Kier molecular flexibility index (Phi) is 26.6. The Labute approximate surface area is 288 Å². The van der Waals surface area contributed by atoms with Crippen LogP contribution >= 0.6 is 0 Å². The number of aliphatic hydroxyl groups is 3. The number of rotatable bonds is 31. The van der Waals surface area contributed by atoms with Gasteiger partial charge in [-0.25, -0.2) is 0 Å². The van der Waals surface area contributed by atoms with Gasteiger partial charge in [0, 0.05) is 19.4 Å². The second-order valence-electron chi connectivity index (χ2n) is 14.1. The van der Waals surface area contributed by atoms with Crippen molar-refractivity contribution in [3.8, 4) is 0 Å². The summed E-state index contributed by atoms with van der Waals surface area (Å²) in [6.07, 6.45) is 26.5. The van der Waals surface area contributed by atoms with Gasteiger partial charge in [0.1, 0.15) is 12.2 Å². The predicted octanol–water partition coefficient (Wildman–Crippen LogP) is 7.23. The largest absolute Gasteiger partial charge is 0.394 e. The monoisotopic (exact) mass is 670 g/mol. The first-order valence-electron chi connectivity index (χ1n) is 19.8. The number of nitrogens with zero attached hydrogens (tertiary/aromatic N) is 1. The van der Waals surface area contributed by atoms with Crippen molar-refractivity contribution in [1.29, 1.82) is 0 Å². The van der Waals surface area contributed by atoms with Crippen molar-refractivity contribution in [3.05, 3.63) is 0 Å². The highest BCUT2D eigenvalue weighted by molar-refractivity contribution is 5.81. The van der Waals surface area contributed by atoms with Crippen LogP contribution in [0.5, 0.6) is 0 Å². The Balaban J connectivity index is 2.60. The summed E-state index contributed by atoms with van der Waals surface area (Å²) in [5.41, 5.74) is 5.63. The van der Waals surface area contributed by atoms with Crippen LogP contribution in [0.2, 0.25) is 0 Å². The molecule has 0 bridgehead atoms. The molecule has 1 saturated heterocycles. The summed E-state index contributed by atoms with van der Waals surface area (Å²) < 4.78 is 6.09. The number of amides is 2. The van der Waals surface area contributed by atoms with Crippen molar-refractivity contribution >= 4 is 11.8 Å². The van der Waals surface area contributed by atoms with Crippen LogP contribution in [0.3, 0.4) is 0 Å². The molecule has 0 aliphatic carbocycles. The molecule has 6 N–H and O–H groups in total. The highest BCUT2D eigenvalue weighted by Crippen LogP contribution is 2.32. The van der Waals surface area contributed by atoms with E-state index in [1.165, 1.54) is 120 Å². The first kappa shape index (κ1) is 43.8. The molecule has 0 unspecified atom stereocenters. The van der Waals surface area contributed by atoms with Crippen LogP contribution < -0.4 is 11.1 Å². The third kappa shape index (κ3) is 19.5. The minimum absolute atomic E-state index is 0.159. The molecule has 9 nitrogen and oxygen atoms in total. The quantitative estimate of drug-likeness (QED) is 0.0387. The van der Waals surface area contributed by atoms with Crippen LogP contribution in [0.1, 0.15) is 187 Å². The van der Waals surface area contributed by atoms with Crippen molar-refractivity contribution in [3.63, 3.8) is 0 Å². The van der Waals surface area contributed by atoms with E-state index in [1.807, 2.05) is 0 Å². The highest BCUT2D eigenvalue weighted by Gasteiger charge is 2.51. The number of carbonyl (C=O) groups is 2. The molecule has 278 valence electrons. The van der Waals surface area contributed by atoms with E-state index in [1.54, 1.807) is 0 Å². The molecule has 47 heavy (non-hydrogen) atoms. The zero-order valence-corrected chi connectivity index (χ0v) is 30.5. The number of carbonyl (C=O) groups excluding carboxylic acids is 2. The van der Waals surface area contributed by atoms with Gasteiger partial charge in [0.25, 0.3) is 0 Å². The van der Waals surface area contributed by atoms with Crippen LogP contribution in [0, 0.1) is 0 Å². The molecule has 0 aromatic carbocycles. The Morgan fingerprint density at radius 1 is 0.702 bits per heavy atom. The lowest BCUT2D eigenvalue weighted by Crippen LogP contribution is -2.71. The van der Waals surface area contributed by atoms with Crippen LogP contribution in [-0.2, 0) is 14.3 Å². The summed E-state index contributed by atoms with van der Waals surface area (Å²) in [6, 6.07) is 0. The minimum atomic E-state index is -1.67. The van der Waals surface area contributed by atoms with E-state index in [9.17, 15) is 24.9 Å². The molecule has 2 amide bonds. The van der Waals surface area contributed by atoms with E-state index >= 15 is 0 Å². The number of hydrogen-bond donors (Lipinski definition) is 5. The second-order valence-corrected chi connectivity index (χ2v) is 14.1. The molecule has 4 atom stereocenters. The maximum Gasteiger partial charge on any atom is 0.237 e.